The van der Waals surface area contributed by atoms with E-state index >= 15 is 0 Å². The van der Waals surface area contributed by atoms with E-state index in [1.54, 1.807) is 12.1 Å². The van der Waals surface area contributed by atoms with Crippen LogP contribution in [0.25, 0.3) is 0 Å². The van der Waals surface area contributed by atoms with Crippen molar-refractivity contribution in [2.75, 3.05) is 11.9 Å². The summed E-state index contributed by atoms with van der Waals surface area (Å²) in [4.78, 5) is 4.07. The van der Waals surface area contributed by atoms with Gasteiger partial charge in [0.05, 0.1) is 5.02 Å². The Bertz CT molecular complexity index is 324. The van der Waals surface area contributed by atoms with Gasteiger partial charge in [0.2, 0.25) is 0 Å². The molecule has 1 heterocycles. The first-order valence-electron chi connectivity index (χ1n) is 4.41. The molecule has 0 fully saturated rings. The molecule has 0 amide bonds. The van der Waals surface area contributed by atoms with E-state index in [1.165, 1.54) is 0 Å². The minimum atomic E-state index is 0.447. The summed E-state index contributed by atoms with van der Waals surface area (Å²) in [5.74, 6) is 0.642. The van der Waals surface area contributed by atoms with Gasteiger partial charge in [0.25, 0.3) is 0 Å². The Labute approximate surface area is 93.9 Å². The van der Waals surface area contributed by atoms with Crippen LogP contribution in [0.15, 0.2) is 24.3 Å². The van der Waals surface area contributed by atoms with Gasteiger partial charge in [-0.3, -0.25) is 0 Å². The molecule has 76 valence electrons. The lowest BCUT2D eigenvalue weighted by Gasteiger charge is -2.05. The number of nitrogens with zero attached hydrogens (tertiary/aromatic N) is 1. The number of pyridine rings is 1. The quantitative estimate of drug-likeness (QED) is 0.484. The Balaban J connectivity index is 2.53. The van der Waals surface area contributed by atoms with Crippen LogP contribution in [0.2, 0.25) is 10.2 Å². The lowest BCUT2D eigenvalue weighted by Crippen LogP contribution is -2.02. The Hall–Kier alpha value is -0.730. The molecule has 2 nitrogen and oxygen atoms in total. The van der Waals surface area contributed by atoms with Crippen LogP contribution in [0, 0.1) is 0 Å². The summed E-state index contributed by atoms with van der Waals surface area (Å²) in [7, 11) is 0. The van der Waals surface area contributed by atoms with Crippen molar-refractivity contribution in [3.8, 4) is 0 Å². The smallest absolute Gasteiger partial charge is 0.146 e. The summed E-state index contributed by atoms with van der Waals surface area (Å²) >= 11 is 11.6. The number of aromatic nitrogens is 1. The number of halogens is 2. The lowest BCUT2D eigenvalue weighted by molar-refractivity contribution is 1.05. The summed E-state index contributed by atoms with van der Waals surface area (Å²) in [6.07, 6.45) is 5.03. The van der Waals surface area contributed by atoms with Crippen molar-refractivity contribution in [1.29, 1.82) is 0 Å². The van der Waals surface area contributed by atoms with E-state index < -0.39 is 0 Å². The van der Waals surface area contributed by atoms with Gasteiger partial charge < -0.3 is 5.32 Å². The van der Waals surface area contributed by atoms with Gasteiger partial charge in [-0.1, -0.05) is 35.4 Å². The summed E-state index contributed by atoms with van der Waals surface area (Å²) in [6.45, 7) is 2.79. The molecule has 0 bridgehead atoms. The monoisotopic (exact) mass is 230 g/mol. The second-order valence-electron chi connectivity index (χ2n) is 2.75. The molecule has 0 radical (unpaired) electrons. The van der Waals surface area contributed by atoms with Crippen molar-refractivity contribution in [3.05, 3.63) is 34.5 Å². The number of anilines is 1. The highest BCUT2D eigenvalue weighted by Crippen LogP contribution is 2.21. The minimum Gasteiger partial charge on any atom is -0.368 e. The van der Waals surface area contributed by atoms with Gasteiger partial charge in [-0.25, -0.2) is 4.98 Å². The largest absolute Gasteiger partial charge is 0.368 e. The van der Waals surface area contributed by atoms with Crippen LogP contribution >= 0.6 is 23.2 Å². The molecule has 0 aliphatic rings. The fraction of sp³-hybridized carbons (Fsp3) is 0.300. The second kappa shape index (κ2) is 5.89. The highest BCUT2D eigenvalue weighted by atomic mass is 35.5. The predicted octanol–water partition coefficient (Wildman–Crippen LogP) is 3.77. The third-order valence-corrected chi connectivity index (χ3v) is 2.17. The highest BCUT2D eigenvalue weighted by Gasteiger charge is 2.00. The van der Waals surface area contributed by atoms with Crippen LogP contribution in [-0.4, -0.2) is 11.5 Å². The number of rotatable bonds is 4. The van der Waals surface area contributed by atoms with Gasteiger partial charge in [0.1, 0.15) is 11.0 Å². The van der Waals surface area contributed by atoms with E-state index in [4.69, 9.17) is 23.2 Å². The molecule has 1 aromatic rings. The topological polar surface area (TPSA) is 24.9 Å². The average molecular weight is 231 g/mol. The van der Waals surface area contributed by atoms with Gasteiger partial charge in [-0.05, 0) is 25.5 Å². The molecule has 0 aliphatic carbocycles. The fourth-order valence-electron chi connectivity index (χ4n) is 0.983. The first kappa shape index (κ1) is 11.3. The van der Waals surface area contributed by atoms with E-state index in [1.807, 2.05) is 13.0 Å². The molecular formula is C10H12Cl2N2. The first-order valence-corrected chi connectivity index (χ1v) is 5.16. The predicted molar refractivity (Wildman–Crippen MR) is 62.2 cm³/mol. The minimum absolute atomic E-state index is 0.447. The van der Waals surface area contributed by atoms with Crippen LogP contribution in [0.3, 0.4) is 0 Å². The van der Waals surface area contributed by atoms with E-state index in [0.717, 1.165) is 13.0 Å². The lowest BCUT2D eigenvalue weighted by atomic mass is 10.3. The van der Waals surface area contributed by atoms with E-state index in [-0.39, 0.29) is 0 Å². The number of hydrogen-bond acceptors (Lipinski definition) is 2. The average Bonchev–Trinajstić information content (AvgIpc) is 2.18. The van der Waals surface area contributed by atoms with Crippen LogP contribution in [0.4, 0.5) is 5.82 Å². The molecule has 0 aliphatic heterocycles. The SMILES string of the molecule is C/C=C/CCNc1nc(Cl)ccc1Cl. The third-order valence-electron chi connectivity index (χ3n) is 1.65. The van der Waals surface area contributed by atoms with E-state index in [0.29, 0.717) is 16.0 Å². The second-order valence-corrected chi connectivity index (χ2v) is 3.54. The van der Waals surface area contributed by atoms with Crippen molar-refractivity contribution in [1.82, 2.24) is 4.98 Å². The van der Waals surface area contributed by atoms with Gasteiger partial charge in [0, 0.05) is 6.54 Å². The van der Waals surface area contributed by atoms with E-state index in [9.17, 15) is 0 Å². The standard InChI is InChI=1S/C10H12Cl2N2/c1-2-3-4-7-13-10-8(11)5-6-9(12)14-10/h2-3,5-6H,4,7H2,1H3,(H,13,14)/b3-2+. The fourth-order valence-corrected chi connectivity index (χ4v) is 1.30. The maximum absolute atomic E-state index is 5.91. The molecule has 0 saturated carbocycles. The highest BCUT2D eigenvalue weighted by molar-refractivity contribution is 6.34. The van der Waals surface area contributed by atoms with Crippen molar-refractivity contribution in [3.63, 3.8) is 0 Å². The first-order chi connectivity index (χ1) is 6.74. The molecule has 1 rings (SSSR count). The summed E-state index contributed by atoms with van der Waals surface area (Å²) in [5.41, 5.74) is 0. The molecule has 14 heavy (non-hydrogen) atoms. The molecule has 4 heteroatoms. The molecule has 0 unspecified atom stereocenters. The van der Waals surface area contributed by atoms with Crippen LogP contribution in [0.1, 0.15) is 13.3 Å². The maximum atomic E-state index is 5.91. The third kappa shape index (κ3) is 3.56. The molecule has 0 atom stereocenters. The molecule has 0 aromatic carbocycles. The zero-order valence-electron chi connectivity index (χ0n) is 7.93. The molecule has 0 spiro atoms. The maximum Gasteiger partial charge on any atom is 0.146 e. The van der Waals surface area contributed by atoms with Gasteiger partial charge in [0.15, 0.2) is 0 Å². The van der Waals surface area contributed by atoms with Crippen LogP contribution < -0.4 is 5.32 Å². The van der Waals surface area contributed by atoms with Crippen LogP contribution in [0.5, 0.6) is 0 Å². The number of hydrogen-bond donors (Lipinski definition) is 1. The summed E-state index contributed by atoms with van der Waals surface area (Å²) < 4.78 is 0. The number of allylic oxidation sites excluding steroid dienone is 1. The Morgan fingerprint density at radius 3 is 2.93 bits per heavy atom. The van der Waals surface area contributed by atoms with E-state index in [2.05, 4.69) is 16.4 Å². The van der Waals surface area contributed by atoms with Crippen molar-refractivity contribution in [2.24, 2.45) is 0 Å². The number of nitrogens with one attached hydrogen (secondary N) is 1. The van der Waals surface area contributed by atoms with Gasteiger partial charge >= 0.3 is 0 Å². The Morgan fingerprint density at radius 2 is 2.21 bits per heavy atom. The van der Waals surface area contributed by atoms with Crippen molar-refractivity contribution >= 4 is 29.0 Å². The molecular weight excluding hydrogens is 219 g/mol. The molecule has 1 aromatic heterocycles. The zero-order chi connectivity index (χ0) is 10.4. The zero-order valence-corrected chi connectivity index (χ0v) is 9.44. The van der Waals surface area contributed by atoms with Gasteiger partial charge in [-0.2, -0.15) is 0 Å². The Morgan fingerprint density at radius 1 is 1.43 bits per heavy atom. The van der Waals surface area contributed by atoms with Crippen molar-refractivity contribution in [2.45, 2.75) is 13.3 Å². The molecule has 0 saturated heterocycles. The van der Waals surface area contributed by atoms with Crippen molar-refractivity contribution < 1.29 is 0 Å². The van der Waals surface area contributed by atoms with Crippen LogP contribution in [-0.2, 0) is 0 Å². The van der Waals surface area contributed by atoms with Gasteiger partial charge in [-0.15, -0.1) is 0 Å². The molecule has 1 N–H and O–H groups in total. The summed E-state index contributed by atoms with van der Waals surface area (Å²) in [6, 6.07) is 3.40. The normalized spacial score (nSPS) is 10.8. The summed E-state index contributed by atoms with van der Waals surface area (Å²) in [5, 5.41) is 4.15. The Kier molecular flexibility index (Phi) is 4.77.